The largest absolute Gasteiger partial charge is 0.354 e. The van der Waals surface area contributed by atoms with Crippen LogP contribution in [0.3, 0.4) is 0 Å². The molecule has 0 atom stereocenters. The summed E-state index contributed by atoms with van der Waals surface area (Å²) in [5, 5.41) is 3.99. The van der Waals surface area contributed by atoms with Crippen LogP contribution in [0.15, 0.2) is 54.6 Å². The summed E-state index contributed by atoms with van der Waals surface area (Å²) >= 11 is 0. The van der Waals surface area contributed by atoms with Crippen LogP contribution in [0.4, 0.5) is 4.79 Å². The van der Waals surface area contributed by atoms with Crippen LogP contribution in [0.2, 0.25) is 0 Å². The molecule has 1 saturated heterocycles. The predicted octanol–water partition coefficient (Wildman–Crippen LogP) is 2.49. The van der Waals surface area contributed by atoms with E-state index >= 15 is 0 Å². The second-order valence-electron chi connectivity index (χ2n) is 7.47. The van der Waals surface area contributed by atoms with E-state index in [2.05, 4.69) is 41.1 Å². The number of hydrogen-bond donors (Lipinski definition) is 1. The Balaban J connectivity index is 1.49. The van der Waals surface area contributed by atoms with E-state index in [1.807, 2.05) is 30.3 Å². The molecule has 0 aliphatic carbocycles. The molecule has 0 bridgehead atoms. The number of likely N-dealkylation sites (N-methyl/N-ethyl adjacent to an activating group) is 1. The number of aromatic nitrogens is 1. The van der Waals surface area contributed by atoms with Gasteiger partial charge in [0, 0.05) is 30.4 Å². The highest BCUT2D eigenvalue weighted by molar-refractivity contribution is 6.04. The average molecular weight is 404 g/mol. The molecular formula is C23H24N4O3. The van der Waals surface area contributed by atoms with Crippen LogP contribution in [-0.4, -0.2) is 58.9 Å². The molecule has 3 aromatic rings. The van der Waals surface area contributed by atoms with E-state index in [0.717, 1.165) is 27.2 Å². The third-order valence-electron chi connectivity index (χ3n) is 5.49. The lowest BCUT2D eigenvalue weighted by Gasteiger charge is -2.14. The number of carbonyl (C=O) groups excluding carboxylic acids is 3. The van der Waals surface area contributed by atoms with Crippen molar-refractivity contribution in [3.63, 3.8) is 0 Å². The van der Waals surface area contributed by atoms with Gasteiger partial charge in [0.15, 0.2) is 0 Å². The topological polar surface area (TPSA) is 74.7 Å². The molecule has 1 aromatic heterocycles. The van der Waals surface area contributed by atoms with Crippen LogP contribution in [0.1, 0.15) is 11.3 Å². The second-order valence-corrected chi connectivity index (χ2v) is 7.47. The number of fused-ring (bicyclic) bond motifs is 1. The van der Waals surface area contributed by atoms with Gasteiger partial charge in [-0.05, 0) is 37.1 Å². The number of amides is 4. The highest BCUT2D eigenvalue weighted by atomic mass is 16.2. The van der Waals surface area contributed by atoms with Crippen LogP contribution < -0.4 is 5.32 Å². The summed E-state index contributed by atoms with van der Waals surface area (Å²) in [5.41, 5.74) is 4.52. The molecule has 0 unspecified atom stereocenters. The maximum Gasteiger partial charge on any atom is 0.327 e. The van der Waals surface area contributed by atoms with Gasteiger partial charge in [0.2, 0.25) is 5.91 Å². The minimum Gasteiger partial charge on any atom is -0.354 e. The van der Waals surface area contributed by atoms with Crippen LogP contribution in [0, 0.1) is 6.92 Å². The zero-order valence-corrected chi connectivity index (χ0v) is 17.1. The molecule has 0 spiro atoms. The zero-order chi connectivity index (χ0) is 21.3. The van der Waals surface area contributed by atoms with E-state index in [1.54, 1.807) is 7.05 Å². The third kappa shape index (κ3) is 3.54. The van der Waals surface area contributed by atoms with Gasteiger partial charge in [0.1, 0.15) is 13.1 Å². The van der Waals surface area contributed by atoms with Crippen molar-refractivity contribution in [1.82, 2.24) is 19.7 Å². The van der Waals surface area contributed by atoms with Gasteiger partial charge in [0.05, 0.1) is 5.52 Å². The summed E-state index contributed by atoms with van der Waals surface area (Å²) in [6, 6.07) is 18.0. The summed E-state index contributed by atoms with van der Waals surface area (Å²) < 4.78 is 2.23. The van der Waals surface area contributed by atoms with Gasteiger partial charge in [-0.25, -0.2) is 4.79 Å². The van der Waals surface area contributed by atoms with E-state index in [-0.39, 0.29) is 24.9 Å². The summed E-state index contributed by atoms with van der Waals surface area (Å²) in [4.78, 5) is 38.3. The number of para-hydroxylation sites is 2. The number of imide groups is 1. The molecule has 4 rings (SSSR count). The molecule has 1 N–H and O–H groups in total. The summed E-state index contributed by atoms with van der Waals surface area (Å²) in [5.74, 6) is -0.684. The summed E-state index contributed by atoms with van der Waals surface area (Å²) in [6.07, 6.45) is 0.652. The Kier molecular flexibility index (Phi) is 5.27. The van der Waals surface area contributed by atoms with Gasteiger partial charge in [-0.2, -0.15) is 0 Å². The van der Waals surface area contributed by atoms with E-state index in [0.29, 0.717) is 13.0 Å². The lowest BCUT2D eigenvalue weighted by Crippen LogP contribution is -2.41. The van der Waals surface area contributed by atoms with Gasteiger partial charge >= 0.3 is 6.03 Å². The lowest BCUT2D eigenvalue weighted by atomic mass is 10.1. The predicted molar refractivity (Wildman–Crippen MR) is 114 cm³/mol. The fraction of sp³-hybridized carbons (Fsp3) is 0.261. The van der Waals surface area contributed by atoms with Crippen molar-refractivity contribution in [3.05, 3.63) is 65.9 Å². The summed E-state index contributed by atoms with van der Waals surface area (Å²) in [6.45, 7) is 2.28. The number of nitrogens with one attached hydrogen (secondary N) is 1. The van der Waals surface area contributed by atoms with Gasteiger partial charge in [-0.15, -0.1) is 0 Å². The first-order valence-corrected chi connectivity index (χ1v) is 9.94. The monoisotopic (exact) mass is 404 g/mol. The van der Waals surface area contributed by atoms with E-state index in [4.69, 9.17) is 0 Å². The van der Waals surface area contributed by atoms with Crippen LogP contribution in [-0.2, 0) is 16.0 Å². The molecule has 2 heterocycles. The van der Waals surface area contributed by atoms with Crippen LogP contribution in [0.5, 0.6) is 0 Å². The Hall–Kier alpha value is -3.61. The molecule has 1 aliphatic heterocycles. The molecule has 7 nitrogen and oxygen atoms in total. The minimum absolute atomic E-state index is 0.0182. The van der Waals surface area contributed by atoms with Gasteiger partial charge in [-0.1, -0.05) is 36.4 Å². The highest BCUT2D eigenvalue weighted by Crippen LogP contribution is 2.29. The Morgan fingerprint density at radius 1 is 1.03 bits per heavy atom. The normalized spacial score (nSPS) is 14.1. The van der Waals surface area contributed by atoms with Crippen molar-refractivity contribution < 1.29 is 14.4 Å². The Morgan fingerprint density at radius 2 is 1.73 bits per heavy atom. The first kappa shape index (κ1) is 19.7. The van der Waals surface area contributed by atoms with Crippen molar-refractivity contribution in [2.45, 2.75) is 13.3 Å². The molecule has 1 fully saturated rings. The molecule has 1 aliphatic rings. The maximum atomic E-state index is 12.3. The van der Waals surface area contributed by atoms with Gasteiger partial charge < -0.3 is 14.8 Å². The lowest BCUT2D eigenvalue weighted by molar-refractivity contribution is -0.130. The molecule has 0 radical (unpaired) electrons. The Morgan fingerprint density at radius 3 is 2.43 bits per heavy atom. The van der Waals surface area contributed by atoms with Crippen molar-refractivity contribution in [2.24, 2.45) is 0 Å². The standard InChI is InChI=1S/C23H24N4O3/c1-16-18(12-13-24-21(28)14-26-22(29)15-25(2)23(26)30)19-10-6-7-11-20(19)27(16)17-8-4-3-5-9-17/h3-11H,12-15H2,1-2H3,(H,24,28). The molecule has 7 heteroatoms. The zero-order valence-electron chi connectivity index (χ0n) is 17.1. The Labute approximate surface area is 174 Å². The number of nitrogens with zero attached hydrogens (tertiary/aromatic N) is 3. The number of urea groups is 1. The number of benzene rings is 2. The van der Waals surface area contributed by atoms with Crippen LogP contribution >= 0.6 is 0 Å². The minimum atomic E-state index is -0.433. The number of hydrogen-bond acceptors (Lipinski definition) is 3. The molecule has 4 amide bonds. The number of carbonyl (C=O) groups is 3. The molecular weight excluding hydrogens is 380 g/mol. The van der Waals surface area contributed by atoms with Crippen molar-refractivity contribution in [1.29, 1.82) is 0 Å². The fourth-order valence-corrected chi connectivity index (χ4v) is 4.01. The third-order valence-corrected chi connectivity index (χ3v) is 5.49. The maximum absolute atomic E-state index is 12.3. The first-order valence-electron chi connectivity index (χ1n) is 9.94. The fourth-order valence-electron chi connectivity index (χ4n) is 4.01. The Bertz CT molecular complexity index is 1120. The van der Waals surface area contributed by atoms with Crippen molar-refractivity contribution in [2.75, 3.05) is 26.7 Å². The van der Waals surface area contributed by atoms with E-state index < -0.39 is 6.03 Å². The molecule has 154 valence electrons. The van der Waals surface area contributed by atoms with Crippen molar-refractivity contribution >= 4 is 28.7 Å². The highest BCUT2D eigenvalue weighted by Gasteiger charge is 2.34. The van der Waals surface area contributed by atoms with E-state index in [9.17, 15) is 14.4 Å². The average Bonchev–Trinajstić information content (AvgIpc) is 3.16. The van der Waals surface area contributed by atoms with E-state index in [1.165, 1.54) is 10.5 Å². The number of rotatable bonds is 6. The molecule has 0 saturated carbocycles. The van der Waals surface area contributed by atoms with Crippen molar-refractivity contribution in [3.8, 4) is 5.69 Å². The quantitative estimate of drug-likeness (QED) is 0.642. The molecule has 30 heavy (non-hydrogen) atoms. The second kappa shape index (κ2) is 8.02. The SMILES string of the molecule is Cc1c(CCNC(=O)CN2C(=O)CN(C)C2=O)c2ccccc2n1-c1ccccc1. The van der Waals surface area contributed by atoms with Gasteiger partial charge in [0.25, 0.3) is 5.91 Å². The first-order chi connectivity index (χ1) is 14.5. The van der Waals surface area contributed by atoms with Gasteiger partial charge in [-0.3, -0.25) is 14.5 Å². The van der Waals surface area contributed by atoms with Crippen LogP contribution in [0.25, 0.3) is 16.6 Å². The summed E-state index contributed by atoms with van der Waals surface area (Å²) in [7, 11) is 1.55. The molecule has 2 aromatic carbocycles. The smallest absolute Gasteiger partial charge is 0.327 e.